The fourth-order valence-electron chi connectivity index (χ4n) is 3.15. The van der Waals surface area contributed by atoms with E-state index in [0.717, 1.165) is 0 Å². The number of hydrogen-bond donors (Lipinski definition) is 2. The number of carboxylic acid groups (broad SMARTS) is 1. The number of hydrogen-bond acceptors (Lipinski definition) is 4. The fraction of sp³-hybridized carbons (Fsp3) is 0.0435. The number of rotatable bonds is 5. The Morgan fingerprint density at radius 1 is 0.862 bits per heavy atom. The van der Waals surface area contributed by atoms with E-state index in [9.17, 15) is 14.7 Å². The molecule has 0 aliphatic carbocycles. The molecule has 0 aliphatic rings. The molecule has 1 amide bonds. The summed E-state index contributed by atoms with van der Waals surface area (Å²) >= 11 is 0. The first kappa shape index (κ1) is 18.3. The smallest absolute Gasteiger partial charge is 0.330 e. The van der Waals surface area contributed by atoms with Crippen molar-refractivity contribution in [2.45, 2.75) is 6.04 Å². The molecular formula is C23H17N3O3. The van der Waals surface area contributed by atoms with E-state index in [4.69, 9.17) is 0 Å². The number of fused-ring (bicyclic) bond motifs is 1. The molecule has 0 radical (unpaired) electrons. The van der Waals surface area contributed by atoms with Crippen molar-refractivity contribution in [2.24, 2.45) is 0 Å². The van der Waals surface area contributed by atoms with Crippen molar-refractivity contribution in [2.75, 3.05) is 0 Å². The second kappa shape index (κ2) is 7.90. The molecule has 4 aromatic rings. The van der Waals surface area contributed by atoms with Gasteiger partial charge in [0.2, 0.25) is 0 Å². The first-order valence-electron chi connectivity index (χ1n) is 9.03. The quantitative estimate of drug-likeness (QED) is 0.546. The number of para-hydroxylation sites is 1. The van der Waals surface area contributed by atoms with Gasteiger partial charge in [0.15, 0.2) is 6.04 Å². The minimum atomic E-state index is -1.16. The average Bonchev–Trinajstić information content (AvgIpc) is 2.77. The van der Waals surface area contributed by atoms with Gasteiger partial charge in [-0.15, -0.1) is 0 Å². The van der Waals surface area contributed by atoms with Gasteiger partial charge in [-0.25, -0.2) is 9.78 Å². The molecule has 2 aromatic heterocycles. The van der Waals surface area contributed by atoms with Gasteiger partial charge < -0.3 is 10.4 Å². The van der Waals surface area contributed by atoms with Crippen molar-refractivity contribution in [3.63, 3.8) is 0 Å². The molecule has 2 N–H and O–H groups in total. The lowest BCUT2D eigenvalue weighted by Crippen LogP contribution is -2.33. The monoisotopic (exact) mass is 383 g/mol. The number of amides is 1. The van der Waals surface area contributed by atoms with Gasteiger partial charge in [-0.1, -0.05) is 54.6 Å². The summed E-state index contributed by atoms with van der Waals surface area (Å²) in [6.07, 6.45) is 1.65. The molecule has 0 saturated carbocycles. The van der Waals surface area contributed by atoms with Gasteiger partial charge in [0.25, 0.3) is 5.91 Å². The van der Waals surface area contributed by atoms with E-state index >= 15 is 0 Å². The predicted octanol–water partition coefficient (Wildman–Crippen LogP) is 3.85. The SMILES string of the molecule is O=C(N[C@H](C(=O)O)c1ccccc1)c1cc(-c2ccccn2)nc2ccccc12. The molecule has 0 unspecified atom stereocenters. The third-order valence-corrected chi connectivity index (χ3v) is 4.54. The maximum absolute atomic E-state index is 13.1. The van der Waals surface area contributed by atoms with Gasteiger partial charge in [0, 0.05) is 11.6 Å². The molecule has 29 heavy (non-hydrogen) atoms. The topological polar surface area (TPSA) is 92.2 Å². The van der Waals surface area contributed by atoms with Gasteiger partial charge in [-0.05, 0) is 29.8 Å². The van der Waals surface area contributed by atoms with E-state index in [2.05, 4.69) is 15.3 Å². The lowest BCUT2D eigenvalue weighted by atomic mass is 10.0. The first-order chi connectivity index (χ1) is 14.1. The summed E-state index contributed by atoms with van der Waals surface area (Å²) in [4.78, 5) is 33.8. The van der Waals surface area contributed by atoms with Crippen LogP contribution in [0.15, 0.2) is 85.1 Å². The second-order valence-electron chi connectivity index (χ2n) is 6.44. The number of carboxylic acids is 1. The zero-order valence-electron chi connectivity index (χ0n) is 15.3. The third-order valence-electron chi connectivity index (χ3n) is 4.54. The van der Waals surface area contributed by atoms with E-state index in [1.807, 2.05) is 30.3 Å². The molecule has 0 saturated heterocycles. The molecule has 6 nitrogen and oxygen atoms in total. The summed E-state index contributed by atoms with van der Waals surface area (Å²) in [7, 11) is 0. The van der Waals surface area contributed by atoms with Crippen LogP contribution in [0, 0.1) is 0 Å². The van der Waals surface area contributed by atoms with E-state index < -0.39 is 17.9 Å². The lowest BCUT2D eigenvalue weighted by molar-refractivity contribution is -0.139. The van der Waals surface area contributed by atoms with E-state index in [1.165, 1.54) is 0 Å². The van der Waals surface area contributed by atoms with Crippen LogP contribution >= 0.6 is 0 Å². The van der Waals surface area contributed by atoms with Crippen molar-refractivity contribution >= 4 is 22.8 Å². The number of carbonyl (C=O) groups is 2. The highest BCUT2D eigenvalue weighted by atomic mass is 16.4. The maximum Gasteiger partial charge on any atom is 0.330 e. The highest BCUT2D eigenvalue weighted by Crippen LogP contribution is 2.24. The van der Waals surface area contributed by atoms with E-state index in [-0.39, 0.29) is 0 Å². The second-order valence-corrected chi connectivity index (χ2v) is 6.44. The summed E-state index contributed by atoms with van der Waals surface area (Å²) < 4.78 is 0. The zero-order valence-corrected chi connectivity index (χ0v) is 15.3. The summed E-state index contributed by atoms with van der Waals surface area (Å²) in [5, 5.41) is 12.9. The van der Waals surface area contributed by atoms with Crippen molar-refractivity contribution < 1.29 is 14.7 Å². The van der Waals surface area contributed by atoms with Crippen molar-refractivity contribution in [1.82, 2.24) is 15.3 Å². The first-order valence-corrected chi connectivity index (χ1v) is 9.03. The van der Waals surface area contributed by atoms with Crippen LogP contribution in [0.1, 0.15) is 22.0 Å². The summed E-state index contributed by atoms with van der Waals surface area (Å²) in [5.74, 6) is -1.62. The Morgan fingerprint density at radius 3 is 2.31 bits per heavy atom. The minimum absolute atomic E-state index is 0.346. The number of aromatic nitrogens is 2. The molecular weight excluding hydrogens is 366 g/mol. The molecule has 1 atom stereocenters. The predicted molar refractivity (Wildman–Crippen MR) is 109 cm³/mol. The van der Waals surface area contributed by atoms with Crippen LogP contribution in [0.5, 0.6) is 0 Å². The number of pyridine rings is 2. The standard InChI is InChI=1S/C23H17N3O3/c27-22(26-21(23(28)29)15-8-2-1-3-9-15)17-14-20(19-12-6-7-13-24-19)25-18-11-5-4-10-16(17)18/h1-14,21H,(H,26,27)(H,28,29)/t21-/m0/s1. The molecule has 0 spiro atoms. The van der Waals surface area contributed by atoms with Crippen LogP contribution in [0.3, 0.4) is 0 Å². The Hall–Kier alpha value is -4.06. The van der Waals surface area contributed by atoms with Crippen LogP contribution in [0.2, 0.25) is 0 Å². The molecule has 142 valence electrons. The molecule has 6 heteroatoms. The Bertz CT molecular complexity index is 1180. The third kappa shape index (κ3) is 3.82. The van der Waals surface area contributed by atoms with Crippen LogP contribution in [0.4, 0.5) is 0 Å². The molecule has 2 heterocycles. The number of aliphatic carboxylic acids is 1. The Morgan fingerprint density at radius 2 is 1.59 bits per heavy atom. The van der Waals surface area contributed by atoms with Crippen LogP contribution < -0.4 is 5.32 Å². The van der Waals surface area contributed by atoms with Crippen molar-refractivity contribution in [3.05, 3.63) is 96.2 Å². The van der Waals surface area contributed by atoms with Gasteiger partial charge >= 0.3 is 5.97 Å². The molecule has 0 aliphatic heterocycles. The van der Waals surface area contributed by atoms with Crippen LogP contribution in [0.25, 0.3) is 22.3 Å². The molecule has 0 bridgehead atoms. The van der Waals surface area contributed by atoms with Crippen molar-refractivity contribution in [1.29, 1.82) is 0 Å². The summed E-state index contributed by atoms with van der Waals surface area (Å²) in [6, 6.07) is 21.8. The molecule has 2 aromatic carbocycles. The van der Waals surface area contributed by atoms with E-state index in [1.54, 1.807) is 54.7 Å². The fourth-order valence-corrected chi connectivity index (χ4v) is 3.15. The Kier molecular flexibility index (Phi) is 4.99. The van der Waals surface area contributed by atoms with Gasteiger partial charge in [-0.2, -0.15) is 0 Å². The highest BCUT2D eigenvalue weighted by molar-refractivity contribution is 6.08. The highest BCUT2D eigenvalue weighted by Gasteiger charge is 2.24. The van der Waals surface area contributed by atoms with Crippen LogP contribution in [-0.4, -0.2) is 27.0 Å². The van der Waals surface area contributed by atoms with Crippen molar-refractivity contribution in [3.8, 4) is 11.4 Å². The number of benzene rings is 2. The van der Waals surface area contributed by atoms with E-state index in [0.29, 0.717) is 33.4 Å². The number of carbonyl (C=O) groups excluding carboxylic acids is 1. The number of nitrogens with zero attached hydrogens (tertiary/aromatic N) is 2. The normalized spacial score (nSPS) is 11.7. The van der Waals surface area contributed by atoms with Crippen LogP contribution in [-0.2, 0) is 4.79 Å². The van der Waals surface area contributed by atoms with Gasteiger partial charge in [0.05, 0.1) is 22.5 Å². The maximum atomic E-state index is 13.1. The molecule has 4 rings (SSSR count). The zero-order chi connectivity index (χ0) is 20.2. The lowest BCUT2D eigenvalue weighted by Gasteiger charge is -2.16. The minimum Gasteiger partial charge on any atom is -0.479 e. The Labute approximate surface area is 166 Å². The average molecular weight is 383 g/mol. The van der Waals surface area contributed by atoms with Gasteiger partial charge in [-0.3, -0.25) is 9.78 Å². The number of nitrogens with one attached hydrogen (secondary N) is 1. The summed E-state index contributed by atoms with van der Waals surface area (Å²) in [6.45, 7) is 0. The van der Waals surface area contributed by atoms with Gasteiger partial charge in [0.1, 0.15) is 0 Å². The molecule has 0 fully saturated rings. The summed E-state index contributed by atoms with van der Waals surface area (Å²) in [5.41, 5.74) is 2.65. The Balaban J connectivity index is 1.78. The largest absolute Gasteiger partial charge is 0.479 e.